The highest BCUT2D eigenvalue weighted by Gasteiger charge is 2.11. The third-order valence-electron chi connectivity index (χ3n) is 3.51. The van der Waals surface area contributed by atoms with Crippen molar-refractivity contribution in [2.45, 2.75) is 32.6 Å². The van der Waals surface area contributed by atoms with E-state index < -0.39 is 12.2 Å². The molecule has 2 aromatic rings. The smallest absolute Gasteiger partial charge is 0.0639 e. The fourth-order valence-corrected chi connectivity index (χ4v) is 2.64. The molecule has 22 heavy (non-hydrogen) atoms. The number of hydrogen-bond donors (Lipinski definition) is 2. The Hall–Kier alpha value is -1.68. The van der Waals surface area contributed by atoms with Crippen molar-refractivity contribution >= 4 is 0 Å². The minimum absolute atomic E-state index is 0.401. The first kappa shape index (κ1) is 16.7. The summed E-state index contributed by atoms with van der Waals surface area (Å²) < 4.78 is 0. The largest absolute Gasteiger partial charge is 0.392 e. The van der Waals surface area contributed by atoms with E-state index in [4.69, 9.17) is 0 Å². The van der Waals surface area contributed by atoms with E-state index in [1.807, 2.05) is 18.2 Å². The summed E-state index contributed by atoms with van der Waals surface area (Å²) in [7, 11) is 0. The zero-order chi connectivity index (χ0) is 15.9. The van der Waals surface area contributed by atoms with E-state index in [9.17, 15) is 10.2 Å². The summed E-state index contributed by atoms with van der Waals surface area (Å²) in [6.45, 7) is 5.39. The molecule has 2 rings (SSSR count). The molecule has 0 heterocycles. The van der Waals surface area contributed by atoms with E-state index in [1.165, 1.54) is 16.7 Å². The Bertz CT molecular complexity index is 539. The van der Waals surface area contributed by atoms with Crippen LogP contribution in [0.25, 0.3) is 11.1 Å². The standard InChI is InChI=1S/C19H25NO2/c1-15(21)12-20(13-16(2)22)14-17-8-10-19(11-9-17)18-6-4-3-5-7-18/h3-11,15-16,21-22H,12-14H2,1-2H3/t15-,16-/m0/s1. The van der Waals surface area contributed by atoms with Crippen molar-refractivity contribution in [3.05, 3.63) is 60.2 Å². The summed E-state index contributed by atoms with van der Waals surface area (Å²) in [5.41, 5.74) is 3.59. The van der Waals surface area contributed by atoms with E-state index in [1.54, 1.807) is 13.8 Å². The van der Waals surface area contributed by atoms with Crippen molar-refractivity contribution in [2.75, 3.05) is 13.1 Å². The highest BCUT2D eigenvalue weighted by atomic mass is 16.3. The number of aliphatic hydroxyl groups excluding tert-OH is 2. The number of benzene rings is 2. The van der Waals surface area contributed by atoms with Crippen LogP contribution in [0.1, 0.15) is 19.4 Å². The fraction of sp³-hybridized carbons (Fsp3) is 0.368. The van der Waals surface area contributed by atoms with E-state index in [2.05, 4.69) is 41.3 Å². The summed E-state index contributed by atoms with van der Waals surface area (Å²) in [6.07, 6.45) is -0.801. The van der Waals surface area contributed by atoms with Crippen LogP contribution in [0.5, 0.6) is 0 Å². The van der Waals surface area contributed by atoms with Gasteiger partial charge in [-0.1, -0.05) is 54.6 Å². The molecule has 0 unspecified atom stereocenters. The van der Waals surface area contributed by atoms with Crippen molar-refractivity contribution in [1.82, 2.24) is 4.90 Å². The zero-order valence-electron chi connectivity index (χ0n) is 13.3. The lowest BCUT2D eigenvalue weighted by Crippen LogP contribution is -2.35. The zero-order valence-corrected chi connectivity index (χ0v) is 13.3. The maximum atomic E-state index is 9.58. The minimum Gasteiger partial charge on any atom is -0.392 e. The molecular formula is C19H25NO2. The Labute approximate surface area is 132 Å². The van der Waals surface area contributed by atoms with Gasteiger partial charge in [-0.2, -0.15) is 0 Å². The molecule has 3 heteroatoms. The van der Waals surface area contributed by atoms with Crippen LogP contribution in [-0.2, 0) is 6.54 Å². The predicted molar refractivity (Wildman–Crippen MR) is 90.5 cm³/mol. The van der Waals surface area contributed by atoms with E-state index >= 15 is 0 Å². The topological polar surface area (TPSA) is 43.7 Å². The third-order valence-corrected chi connectivity index (χ3v) is 3.51. The van der Waals surface area contributed by atoms with Crippen LogP contribution in [0, 0.1) is 0 Å². The van der Waals surface area contributed by atoms with Gasteiger partial charge < -0.3 is 10.2 Å². The monoisotopic (exact) mass is 299 g/mol. The maximum Gasteiger partial charge on any atom is 0.0639 e. The van der Waals surface area contributed by atoms with Crippen LogP contribution < -0.4 is 0 Å². The molecule has 0 saturated heterocycles. The molecule has 0 aliphatic heterocycles. The van der Waals surface area contributed by atoms with Crippen LogP contribution >= 0.6 is 0 Å². The van der Waals surface area contributed by atoms with Crippen LogP contribution in [-0.4, -0.2) is 40.4 Å². The summed E-state index contributed by atoms with van der Waals surface area (Å²) >= 11 is 0. The van der Waals surface area contributed by atoms with Gasteiger partial charge in [0.2, 0.25) is 0 Å². The highest BCUT2D eigenvalue weighted by Crippen LogP contribution is 2.19. The van der Waals surface area contributed by atoms with Gasteiger partial charge in [-0.15, -0.1) is 0 Å². The second-order valence-corrected chi connectivity index (χ2v) is 5.96. The highest BCUT2D eigenvalue weighted by molar-refractivity contribution is 5.63. The van der Waals surface area contributed by atoms with Crippen LogP contribution in [0.4, 0.5) is 0 Å². The first-order valence-electron chi connectivity index (χ1n) is 7.77. The molecule has 3 nitrogen and oxygen atoms in total. The Kier molecular flexibility index (Phi) is 6.13. The quantitative estimate of drug-likeness (QED) is 0.826. The van der Waals surface area contributed by atoms with Crippen LogP contribution in [0.15, 0.2) is 54.6 Å². The SMILES string of the molecule is C[C@H](O)CN(Cc1ccc(-c2ccccc2)cc1)C[C@H](C)O. The molecule has 2 N–H and O–H groups in total. The Morgan fingerprint density at radius 3 is 1.77 bits per heavy atom. The van der Waals surface area contributed by atoms with Crippen LogP contribution in [0.2, 0.25) is 0 Å². The molecule has 2 aromatic carbocycles. The first-order chi connectivity index (χ1) is 10.5. The van der Waals surface area contributed by atoms with Crippen LogP contribution in [0.3, 0.4) is 0 Å². The van der Waals surface area contributed by atoms with Crippen molar-refractivity contribution in [3.63, 3.8) is 0 Å². The predicted octanol–water partition coefficient (Wildman–Crippen LogP) is 2.92. The molecule has 0 aliphatic carbocycles. The summed E-state index contributed by atoms with van der Waals surface area (Å²) in [4.78, 5) is 2.08. The van der Waals surface area contributed by atoms with E-state index in [-0.39, 0.29) is 0 Å². The van der Waals surface area contributed by atoms with Gasteiger partial charge in [0.15, 0.2) is 0 Å². The summed E-state index contributed by atoms with van der Waals surface area (Å²) in [5.74, 6) is 0. The molecule has 0 saturated carbocycles. The van der Waals surface area contributed by atoms with Crippen molar-refractivity contribution in [2.24, 2.45) is 0 Å². The Morgan fingerprint density at radius 1 is 0.773 bits per heavy atom. The lowest BCUT2D eigenvalue weighted by Gasteiger charge is -2.25. The van der Waals surface area contributed by atoms with Gasteiger partial charge in [-0.25, -0.2) is 0 Å². The number of rotatable bonds is 7. The Morgan fingerprint density at radius 2 is 1.27 bits per heavy atom. The Balaban J connectivity index is 2.05. The van der Waals surface area contributed by atoms with E-state index in [0.29, 0.717) is 13.1 Å². The number of nitrogens with zero attached hydrogens (tertiary/aromatic N) is 1. The second kappa shape index (κ2) is 8.08. The minimum atomic E-state index is -0.401. The summed E-state index contributed by atoms with van der Waals surface area (Å²) in [6, 6.07) is 18.7. The molecule has 0 radical (unpaired) electrons. The molecule has 118 valence electrons. The molecule has 0 aliphatic rings. The molecule has 2 atom stereocenters. The molecule has 0 aromatic heterocycles. The second-order valence-electron chi connectivity index (χ2n) is 5.96. The number of hydrogen-bond acceptors (Lipinski definition) is 3. The first-order valence-corrected chi connectivity index (χ1v) is 7.77. The van der Waals surface area contributed by atoms with Crippen molar-refractivity contribution in [1.29, 1.82) is 0 Å². The van der Waals surface area contributed by atoms with Gasteiger partial charge in [-0.3, -0.25) is 4.90 Å². The van der Waals surface area contributed by atoms with Gasteiger partial charge in [-0.05, 0) is 30.5 Å². The van der Waals surface area contributed by atoms with Gasteiger partial charge in [0.1, 0.15) is 0 Å². The van der Waals surface area contributed by atoms with Gasteiger partial charge in [0, 0.05) is 19.6 Å². The molecule has 0 fully saturated rings. The lowest BCUT2D eigenvalue weighted by molar-refractivity contribution is 0.0794. The molecule has 0 bridgehead atoms. The summed E-state index contributed by atoms with van der Waals surface area (Å²) in [5, 5.41) is 19.2. The van der Waals surface area contributed by atoms with Crippen molar-refractivity contribution in [3.8, 4) is 11.1 Å². The fourth-order valence-electron chi connectivity index (χ4n) is 2.64. The molecule has 0 spiro atoms. The van der Waals surface area contributed by atoms with Gasteiger partial charge in [0.25, 0.3) is 0 Å². The maximum absolute atomic E-state index is 9.58. The molecular weight excluding hydrogens is 274 g/mol. The average molecular weight is 299 g/mol. The van der Waals surface area contributed by atoms with Gasteiger partial charge in [0.05, 0.1) is 12.2 Å². The average Bonchev–Trinajstić information content (AvgIpc) is 2.47. The third kappa shape index (κ3) is 5.26. The molecule has 0 amide bonds. The lowest BCUT2D eigenvalue weighted by atomic mass is 10.0. The number of aliphatic hydroxyl groups is 2. The van der Waals surface area contributed by atoms with E-state index in [0.717, 1.165) is 6.54 Å². The normalized spacial score (nSPS) is 14.0. The van der Waals surface area contributed by atoms with Crippen molar-refractivity contribution < 1.29 is 10.2 Å². The van der Waals surface area contributed by atoms with Gasteiger partial charge >= 0.3 is 0 Å².